The van der Waals surface area contributed by atoms with Gasteiger partial charge in [0.15, 0.2) is 0 Å². The van der Waals surface area contributed by atoms with Gasteiger partial charge in [-0.15, -0.1) is 0 Å². The molecule has 1 aromatic rings. The number of ether oxygens (including phenoxy) is 1. The molecule has 2 atom stereocenters. The number of hydrogen-bond acceptors (Lipinski definition) is 4. The van der Waals surface area contributed by atoms with E-state index in [-0.39, 0.29) is 5.75 Å². The number of alkyl halides is 1. The number of hydrogen-bond donors (Lipinski definition) is 0. The third kappa shape index (κ3) is 5.73. The third-order valence-corrected chi connectivity index (χ3v) is 5.44. The molecule has 0 spiro atoms. The molecule has 0 aromatic carbocycles. The lowest BCUT2D eigenvalue weighted by Crippen LogP contribution is -2.08. The second-order valence-corrected chi connectivity index (χ2v) is 8.36. The number of aliphatic imine (C=N–C) groups is 1. The Bertz CT molecular complexity index is 808. The van der Waals surface area contributed by atoms with Crippen LogP contribution >= 0.6 is 0 Å². The first-order valence-electron chi connectivity index (χ1n) is 8.70. The van der Waals surface area contributed by atoms with Gasteiger partial charge in [0.25, 0.3) is 0 Å². The summed E-state index contributed by atoms with van der Waals surface area (Å²) >= 11 is 0. The summed E-state index contributed by atoms with van der Waals surface area (Å²) in [6.07, 6.45) is 12.0. The summed E-state index contributed by atoms with van der Waals surface area (Å²) < 4.78 is 32.2. The molecule has 2 aliphatic rings. The molecule has 1 fully saturated rings. The van der Waals surface area contributed by atoms with Gasteiger partial charge in [-0.2, -0.15) is 0 Å². The summed E-state index contributed by atoms with van der Waals surface area (Å²) in [4.78, 5) is 8.63. The zero-order chi connectivity index (χ0) is 18.6. The summed E-state index contributed by atoms with van der Waals surface area (Å²) in [6.45, 7) is 3.91. The Balaban J connectivity index is 1.62. The maximum absolute atomic E-state index is 13.9. The fourth-order valence-corrected chi connectivity index (χ4v) is 3.21. The fourth-order valence-electron chi connectivity index (χ4n) is 2.36. The van der Waals surface area contributed by atoms with Crippen LogP contribution in [-0.2, 0) is 16.6 Å². The molecule has 1 saturated carbocycles. The van der Waals surface area contributed by atoms with Crippen LogP contribution in [0.2, 0.25) is 0 Å². The minimum atomic E-state index is -1.49. The first-order chi connectivity index (χ1) is 12.4. The Morgan fingerprint density at radius 3 is 3.04 bits per heavy atom. The van der Waals surface area contributed by atoms with Crippen molar-refractivity contribution < 1.29 is 13.3 Å². The summed E-state index contributed by atoms with van der Waals surface area (Å²) in [5, 5.41) is 0.475. The van der Waals surface area contributed by atoms with Crippen LogP contribution in [0.25, 0.3) is 0 Å². The Labute approximate surface area is 156 Å². The second kappa shape index (κ2) is 8.08. The molecule has 0 amide bonds. The van der Waals surface area contributed by atoms with E-state index in [4.69, 9.17) is 4.74 Å². The van der Waals surface area contributed by atoms with Crippen LogP contribution in [0.5, 0.6) is 5.75 Å². The van der Waals surface area contributed by atoms with E-state index in [2.05, 4.69) is 9.98 Å². The number of allylic oxidation sites excluding steroid dienone is 5. The molecule has 1 heterocycles. The van der Waals surface area contributed by atoms with Crippen LogP contribution in [0.3, 0.4) is 0 Å². The lowest BCUT2D eigenvalue weighted by molar-refractivity contribution is 0.299. The molecule has 0 aliphatic heterocycles. The van der Waals surface area contributed by atoms with Gasteiger partial charge in [-0.05, 0) is 63.0 Å². The first-order valence-corrected chi connectivity index (χ1v) is 10.0. The van der Waals surface area contributed by atoms with E-state index < -0.39 is 16.5 Å². The molecule has 2 unspecified atom stereocenters. The van der Waals surface area contributed by atoms with E-state index >= 15 is 0 Å². The maximum Gasteiger partial charge on any atom is 0.145 e. The third-order valence-electron chi connectivity index (χ3n) is 4.13. The van der Waals surface area contributed by atoms with Crippen molar-refractivity contribution in [3.05, 3.63) is 60.1 Å². The number of halogens is 1. The Morgan fingerprint density at radius 1 is 1.46 bits per heavy atom. The second-order valence-electron chi connectivity index (χ2n) is 6.79. The highest BCUT2D eigenvalue weighted by molar-refractivity contribution is 7.99. The van der Waals surface area contributed by atoms with Crippen molar-refractivity contribution in [1.82, 2.24) is 4.98 Å². The summed E-state index contributed by atoms with van der Waals surface area (Å²) in [6, 6.07) is 3.65. The Hall–Kier alpha value is -2.08. The quantitative estimate of drug-likeness (QED) is 0.552. The lowest BCUT2D eigenvalue weighted by atomic mass is 10.1. The number of nitrogens with zero attached hydrogens (tertiary/aromatic N) is 2. The molecular weight excluding hydrogens is 351 g/mol. The monoisotopic (exact) mass is 374 g/mol. The molecule has 0 bridgehead atoms. The Kier molecular flexibility index (Phi) is 5.81. The van der Waals surface area contributed by atoms with E-state index in [0.717, 1.165) is 12.4 Å². The standard InChI is InChI=1S/C20H23FN2O2S/c1-15(23-17-4-3-9-20(2,21)10-7-17)26(24)14-18-12-19(8-11-22-18)25-13-16-5-6-16/h3-4,7-12,16H,5-6,13-14H2,1-2H3. The average molecular weight is 374 g/mol. The van der Waals surface area contributed by atoms with Crippen LogP contribution in [0.15, 0.2) is 59.4 Å². The van der Waals surface area contributed by atoms with E-state index in [1.54, 1.807) is 31.3 Å². The highest BCUT2D eigenvalue weighted by Gasteiger charge is 2.22. The van der Waals surface area contributed by atoms with E-state index in [0.29, 0.717) is 22.4 Å². The van der Waals surface area contributed by atoms with Crippen molar-refractivity contribution >= 4 is 15.8 Å². The lowest BCUT2D eigenvalue weighted by Gasteiger charge is -2.07. The van der Waals surface area contributed by atoms with Crippen LogP contribution in [0, 0.1) is 5.92 Å². The van der Waals surface area contributed by atoms with Crippen molar-refractivity contribution in [2.24, 2.45) is 10.9 Å². The van der Waals surface area contributed by atoms with Gasteiger partial charge in [0.2, 0.25) is 0 Å². The van der Waals surface area contributed by atoms with Crippen LogP contribution in [0.4, 0.5) is 4.39 Å². The molecule has 1 aromatic heterocycles. The van der Waals surface area contributed by atoms with Crippen molar-refractivity contribution in [1.29, 1.82) is 0 Å². The molecule has 138 valence electrons. The SMILES string of the molecule is CC(=NC1=CC=CC(C)(F)C=C1)S(=O)Cc1cc(OCC2CC2)ccn1. The fraction of sp³-hybridized carbons (Fsp3) is 0.400. The van der Waals surface area contributed by atoms with Crippen LogP contribution in [-0.4, -0.2) is 26.5 Å². The molecule has 26 heavy (non-hydrogen) atoms. The highest BCUT2D eigenvalue weighted by Crippen LogP contribution is 2.29. The van der Waals surface area contributed by atoms with Crippen LogP contribution in [0.1, 0.15) is 32.4 Å². The van der Waals surface area contributed by atoms with Gasteiger partial charge >= 0.3 is 0 Å². The molecule has 4 nitrogen and oxygen atoms in total. The van der Waals surface area contributed by atoms with E-state index in [9.17, 15) is 8.60 Å². The molecule has 0 radical (unpaired) electrons. The first kappa shape index (κ1) is 18.7. The van der Waals surface area contributed by atoms with Gasteiger partial charge in [0.05, 0.1) is 34.6 Å². The molecule has 3 rings (SSSR count). The summed E-state index contributed by atoms with van der Waals surface area (Å²) in [5.74, 6) is 1.70. The van der Waals surface area contributed by atoms with Crippen molar-refractivity contribution in [3.63, 3.8) is 0 Å². The average Bonchev–Trinajstić information content (AvgIpc) is 3.42. The van der Waals surface area contributed by atoms with Crippen LogP contribution < -0.4 is 4.74 Å². The predicted octanol–water partition coefficient (Wildman–Crippen LogP) is 4.28. The summed E-state index contributed by atoms with van der Waals surface area (Å²) in [5.41, 5.74) is -0.221. The topological polar surface area (TPSA) is 51.5 Å². The number of aromatic nitrogens is 1. The zero-order valence-electron chi connectivity index (χ0n) is 15.0. The Morgan fingerprint density at radius 2 is 2.27 bits per heavy atom. The van der Waals surface area contributed by atoms with Crippen molar-refractivity contribution in [3.8, 4) is 5.75 Å². The van der Waals surface area contributed by atoms with E-state index in [1.165, 1.54) is 31.9 Å². The zero-order valence-corrected chi connectivity index (χ0v) is 15.8. The largest absolute Gasteiger partial charge is 0.493 e. The van der Waals surface area contributed by atoms with Crippen molar-refractivity contribution in [2.75, 3.05) is 6.61 Å². The van der Waals surface area contributed by atoms with Gasteiger partial charge in [0.1, 0.15) is 16.5 Å². The molecule has 0 saturated heterocycles. The predicted molar refractivity (Wildman–Crippen MR) is 103 cm³/mol. The smallest absolute Gasteiger partial charge is 0.145 e. The normalized spacial score (nSPS) is 24.1. The number of rotatable bonds is 6. The highest BCUT2D eigenvalue weighted by atomic mass is 32.2. The molecule has 0 N–H and O–H groups in total. The maximum atomic E-state index is 13.9. The van der Waals surface area contributed by atoms with Gasteiger partial charge in [-0.3, -0.25) is 9.19 Å². The molecule has 6 heteroatoms. The van der Waals surface area contributed by atoms with Gasteiger partial charge in [-0.25, -0.2) is 9.38 Å². The van der Waals surface area contributed by atoms with Gasteiger partial charge < -0.3 is 4.74 Å². The molecule has 2 aliphatic carbocycles. The summed E-state index contributed by atoms with van der Waals surface area (Å²) in [7, 11) is -1.31. The van der Waals surface area contributed by atoms with E-state index in [1.807, 2.05) is 12.1 Å². The molecular formula is C20H23FN2O2S. The minimum Gasteiger partial charge on any atom is -0.493 e. The number of pyridine rings is 1. The van der Waals surface area contributed by atoms with Gasteiger partial charge in [0, 0.05) is 12.3 Å². The minimum absolute atomic E-state index is 0.267. The van der Waals surface area contributed by atoms with Gasteiger partial charge in [-0.1, -0.05) is 6.08 Å². The van der Waals surface area contributed by atoms with Crippen molar-refractivity contribution in [2.45, 2.75) is 38.1 Å².